The molecule has 11 heavy (non-hydrogen) atoms. The molecule has 0 aliphatic carbocycles. The minimum absolute atomic E-state index is 0.287. The highest BCUT2D eigenvalue weighted by Crippen LogP contribution is 2.10. The summed E-state index contributed by atoms with van der Waals surface area (Å²) in [5, 5.41) is 0. The molecule has 58 valence electrons. The van der Waals surface area contributed by atoms with Crippen LogP contribution < -0.4 is 11.5 Å². The summed E-state index contributed by atoms with van der Waals surface area (Å²) in [6.07, 6.45) is 1.59. The zero-order valence-electron chi connectivity index (χ0n) is 6.16. The number of hydrogen-bond donors (Lipinski definition) is 2. The van der Waals surface area contributed by atoms with Crippen molar-refractivity contribution in [2.24, 2.45) is 5.73 Å². The Morgan fingerprint density at radius 3 is 2.73 bits per heavy atom. The van der Waals surface area contributed by atoms with Crippen LogP contribution in [0.2, 0.25) is 0 Å². The van der Waals surface area contributed by atoms with E-state index in [1.165, 1.54) is 0 Å². The first-order chi connectivity index (χ1) is 5.11. The molecule has 3 nitrogen and oxygen atoms in total. The second-order valence-electron chi connectivity index (χ2n) is 2.28. The fraction of sp³-hybridized carbons (Fsp3) is 0.143. The lowest BCUT2D eigenvalue weighted by Gasteiger charge is -2.02. The number of aryl methyl sites for hydroxylation is 1. The largest absolute Gasteiger partial charge is 0.398 e. The van der Waals surface area contributed by atoms with Crippen molar-refractivity contribution in [1.29, 1.82) is 0 Å². The lowest BCUT2D eigenvalue weighted by Crippen LogP contribution is -2.12. The predicted molar refractivity (Wildman–Crippen MR) is 49.3 cm³/mol. The van der Waals surface area contributed by atoms with Crippen molar-refractivity contribution in [2.75, 3.05) is 5.73 Å². The molecule has 0 aliphatic heterocycles. The Kier molecular flexibility index (Phi) is 2.05. The number of nitrogen functional groups attached to an aromatic ring is 1. The first-order valence-electron chi connectivity index (χ1n) is 3.13. The van der Waals surface area contributed by atoms with E-state index in [4.69, 9.17) is 23.7 Å². The van der Waals surface area contributed by atoms with Crippen LogP contribution in [0.3, 0.4) is 0 Å². The van der Waals surface area contributed by atoms with Gasteiger partial charge in [0.05, 0.1) is 0 Å². The molecular formula is C7H9N3S. The van der Waals surface area contributed by atoms with E-state index in [9.17, 15) is 0 Å². The second-order valence-corrected chi connectivity index (χ2v) is 2.72. The van der Waals surface area contributed by atoms with Gasteiger partial charge in [-0.25, -0.2) is 0 Å². The summed E-state index contributed by atoms with van der Waals surface area (Å²) in [4.78, 5) is 4.30. The SMILES string of the molecule is Cc1cc(N)c(C(N)=S)cn1. The van der Waals surface area contributed by atoms with Gasteiger partial charge in [0.15, 0.2) is 0 Å². The van der Waals surface area contributed by atoms with Crippen LogP contribution in [-0.2, 0) is 0 Å². The summed E-state index contributed by atoms with van der Waals surface area (Å²) in [5.74, 6) is 0. The van der Waals surface area contributed by atoms with E-state index in [-0.39, 0.29) is 4.99 Å². The van der Waals surface area contributed by atoms with Crippen LogP contribution >= 0.6 is 12.2 Å². The quantitative estimate of drug-likeness (QED) is 0.601. The van der Waals surface area contributed by atoms with E-state index >= 15 is 0 Å². The molecular weight excluding hydrogens is 158 g/mol. The van der Waals surface area contributed by atoms with Crippen molar-refractivity contribution in [2.45, 2.75) is 6.92 Å². The van der Waals surface area contributed by atoms with Crippen molar-refractivity contribution >= 4 is 22.9 Å². The molecule has 4 heteroatoms. The molecule has 0 fully saturated rings. The van der Waals surface area contributed by atoms with Crippen LogP contribution in [0.15, 0.2) is 12.3 Å². The predicted octanol–water partition coefficient (Wildman–Crippen LogP) is 0.606. The van der Waals surface area contributed by atoms with Gasteiger partial charge in [-0.3, -0.25) is 4.98 Å². The zero-order chi connectivity index (χ0) is 8.43. The number of nitrogens with zero attached hydrogens (tertiary/aromatic N) is 1. The van der Waals surface area contributed by atoms with Gasteiger partial charge in [-0.05, 0) is 13.0 Å². The highest BCUT2D eigenvalue weighted by molar-refractivity contribution is 7.80. The van der Waals surface area contributed by atoms with Crippen molar-refractivity contribution in [3.8, 4) is 0 Å². The van der Waals surface area contributed by atoms with E-state index in [0.29, 0.717) is 11.3 Å². The third-order valence-corrected chi connectivity index (χ3v) is 1.56. The minimum Gasteiger partial charge on any atom is -0.398 e. The molecule has 1 aromatic heterocycles. The molecule has 0 aromatic carbocycles. The van der Waals surface area contributed by atoms with E-state index in [1.54, 1.807) is 12.3 Å². The third kappa shape index (κ3) is 1.65. The zero-order valence-corrected chi connectivity index (χ0v) is 6.98. The van der Waals surface area contributed by atoms with Gasteiger partial charge in [-0.1, -0.05) is 12.2 Å². The Balaban J connectivity index is 3.20. The van der Waals surface area contributed by atoms with Crippen LogP contribution in [0.25, 0.3) is 0 Å². The Morgan fingerprint density at radius 2 is 2.27 bits per heavy atom. The maximum absolute atomic E-state index is 5.61. The number of nitrogens with two attached hydrogens (primary N) is 2. The van der Waals surface area contributed by atoms with Crippen molar-refractivity contribution in [3.05, 3.63) is 23.5 Å². The Labute approximate surface area is 70.4 Å². The van der Waals surface area contributed by atoms with Crippen LogP contribution in [0.1, 0.15) is 11.3 Å². The fourth-order valence-electron chi connectivity index (χ4n) is 0.787. The first kappa shape index (κ1) is 7.94. The van der Waals surface area contributed by atoms with Crippen LogP contribution in [-0.4, -0.2) is 9.97 Å². The molecule has 1 aromatic rings. The van der Waals surface area contributed by atoms with Gasteiger partial charge >= 0.3 is 0 Å². The minimum atomic E-state index is 0.287. The van der Waals surface area contributed by atoms with Gasteiger partial charge < -0.3 is 11.5 Å². The number of thiocarbonyl (C=S) groups is 1. The first-order valence-corrected chi connectivity index (χ1v) is 3.54. The number of pyridine rings is 1. The van der Waals surface area contributed by atoms with Crippen LogP contribution in [0.5, 0.6) is 0 Å². The molecule has 0 spiro atoms. The topological polar surface area (TPSA) is 64.9 Å². The Bertz CT molecular complexity index is 296. The van der Waals surface area contributed by atoms with Gasteiger partial charge in [0.25, 0.3) is 0 Å². The molecule has 0 bridgehead atoms. The molecule has 1 heterocycles. The molecule has 0 atom stereocenters. The van der Waals surface area contributed by atoms with E-state index in [1.807, 2.05) is 6.92 Å². The number of anilines is 1. The number of hydrogen-bond acceptors (Lipinski definition) is 3. The monoisotopic (exact) mass is 167 g/mol. The second kappa shape index (κ2) is 2.84. The third-order valence-electron chi connectivity index (χ3n) is 1.34. The van der Waals surface area contributed by atoms with Gasteiger partial charge in [0, 0.05) is 23.1 Å². The maximum Gasteiger partial charge on any atom is 0.107 e. The maximum atomic E-state index is 5.61. The summed E-state index contributed by atoms with van der Waals surface area (Å²) in [6.45, 7) is 1.86. The van der Waals surface area contributed by atoms with Crippen LogP contribution in [0.4, 0.5) is 5.69 Å². The summed E-state index contributed by atoms with van der Waals surface area (Å²) in [5.41, 5.74) is 13.1. The normalized spacial score (nSPS) is 9.55. The summed E-state index contributed by atoms with van der Waals surface area (Å²) in [6, 6.07) is 1.74. The lowest BCUT2D eigenvalue weighted by molar-refractivity contribution is 1.20. The Hall–Kier alpha value is -1.16. The summed E-state index contributed by atoms with van der Waals surface area (Å²) < 4.78 is 0. The highest BCUT2D eigenvalue weighted by Gasteiger charge is 2.01. The molecule has 0 saturated carbocycles. The van der Waals surface area contributed by atoms with Gasteiger partial charge in [0.1, 0.15) is 4.99 Å². The van der Waals surface area contributed by atoms with Crippen molar-refractivity contribution in [3.63, 3.8) is 0 Å². The van der Waals surface area contributed by atoms with Crippen molar-refractivity contribution in [1.82, 2.24) is 4.98 Å². The fourth-order valence-corrected chi connectivity index (χ4v) is 0.957. The average Bonchev–Trinajstić information content (AvgIpc) is 1.85. The van der Waals surface area contributed by atoms with E-state index < -0.39 is 0 Å². The molecule has 0 saturated heterocycles. The summed E-state index contributed by atoms with van der Waals surface area (Å²) >= 11 is 4.75. The standard InChI is InChI=1S/C7H9N3S/c1-4-2-6(8)5(3-10-4)7(9)11/h2-3H,1H3,(H2,8,10)(H2,9,11). The molecule has 0 aliphatic rings. The molecule has 4 N–H and O–H groups in total. The van der Waals surface area contributed by atoms with Gasteiger partial charge in [-0.2, -0.15) is 0 Å². The number of rotatable bonds is 1. The molecule has 0 unspecified atom stereocenters. The summed E-state index contributed by atoms with van der Waals surface area (Å²) in [7, 11) is 0. The lowest BCUT2D eigenvalue weighted by atomic mass is 10.2. The van der Waals surface area contributed by atoms with Crippen LogP contribution in [0, 0.1) is 6.92 Å². The van der Waals surface area contributed by atoms with Gasteiger partial charge in [-0.15, -0.1) is 0 Å². The molecule has 0 radical (unpaired) electrons. The Morgan fingerprint density at radius 1 is 1.64 bits per heavy atom. The van der Waals surface area contributed by atoms with Crippen molar-refractivity contribution < 1.29 is 0 Å². The molecule has 1 rings (SSSR count). The van der Waals surface area contributed by atoms with Gasteiger partial charge in [0.2, 0.25) is 0 Å². The average molecular weight is 167 g/mol. The molecule has 0 amide bonds. The van der Waals surface area contributed by atoms with E-state index in [2.05, 4.69) is 4.98 Å². The highest BCUT2D eigenvalue weighted by atomic mass is 32.1. The smallest absolute Gasteiger partial charge is 0.107 e. The van der Waals surface area contributed by atoms with E-state index in [0.717, 1.165) is 5.69 Å². The number of aromatic nitrogens is 1.